The van der Waals surface area contributed by atoms with Crippen LogP contribution in [0.15, 0.2) is 18.2 Å². The number of nitrogens with one attached hydrogen (secondary N) is 1. The highest BCUT2D eigenvalue weighted by atomic mass is 35.5. The summed E-state index contributed by atoms with van der Waals surface area (Å²) in [5, 5.41) is 3.61. The van der Waals surface area contributed by atoms with Crippen molar-refractivity contribution in [3.63, 3.8) is 0 Å². The minimum Gasteiger partial charge on any atom is -0.339 e. The van der Waals surface area contributed by atoms with Crippen LogP contribution in [0.1, 0.15) is 23.2 Å². The van der Waals surface area contributed by atoms with Gasteiger partial charge in [0.25, 0.3) is 5.91 Å². The highest BCUT2D eigenvalue weighted by molar-refractivity contribution is 6.31. The molecule has 0 unspecified atom stereocenters. The van der Waals surface area contributed by atoms with E-state index in [0.717, 1.165) is 25.9 Å². The lowest BCUT2D eigenvalue weighted by Crippen LogP contribution is -2.44. The van der Waals surface area contributed by atoms with Crippen LogP contribution in [0.5, 0.6) is 0 Å². The zero-order valence-electron chi connectivity index (χ0n) is 10.2. The standard InChI is InChI=1S/C13H16ClFN2O/c1-17(10-4-6-16-7-5-10)13(18)11-8-9(14)2-3-12(11)15/h2-3,8,10,16H,4-7H2,1H3. The third-order valence-electron chi connectivity index (χ3n) is 3.34. The Morgan fingerprint density at radius 2 is 2.11 bits per heavy atom. The molecule has 1 aromatic rings. The molecule has 1 heterocycles. The van der Waals surface area contributed by atoms with E-state index in [1.54, 1.807) is 11.9 Å². The summed E-state index contributed by atoms with van der Waals surface area (Å²) in [6.45, 7) is 1.78. The van der Waals surface area contributed by atoms with E-state index in [0.29, 0.717) is 5.02 Å². The first-order valence-corrected chi connectivity index (χ1v) is 6.40. The van der Waals surface area contributed by atoms with Crippen molar-refractivity contribution in [1.82, 2.24) is 10.2 Å². The fourth-order valence-electron chi connectivity index (χ4n) is 2.21. The Bertz CT molecular complexity index is 447. The molecule has 0 spiro atoms. The van der Waals surface area contributed by atoms with Crippen molar-refractivity contribution in [3.8, 4) is 0 Å². The zero-order valence-corrected chi connectivity index (χ0v) is 11.0. The second kappa shape index (κ2) is 5.67. The Hall–Kier alpha value is -1.13. The number of benzene rings is 1. The minimum atomic E-state index is -0.523. The van der Waals surface area contributed by atoms with Crippen LogP contribution < -0.4 is 5.32 Å². The predicted molar refractivity (Wildman–Crippen MR) is 69.4 cm³/mol. The number of nitrogens with zero attached hydrogens (tertiary/aromatic N) is 1. The van der Waals surface area contributed by atoms with Crippen LogP contribution in [0.4, 0.5) is 4.39 Å². The van der Waals surface area contributed by atoms with Crippen molar-refractivity contribution in [2.24, 2.45) is 0 Å². The molecule has 1 aromatic carbocycles. The first-order valence-electron chi connectivity index (χ1n) is 6.02. The van der Waals surface area contributed by atoms with Gasteiger partial charge in [-0.25, -0.2) is 4.39 Å². The second-order valence-electron chi connectivity index (χ2n) is 4.52. The third-order valence-corrected chi connectivity index (χ3v) is 3.57. The minimum absolute atomic E-state index is 0.0449. The first kappa shape index (κ1) is 13.3. The molecule has 3 nitrogen and oxygen atoms in total. The number of carbonyl (C=O) groups excluding carboxylic acids is 1. The SMILES string of the molecule is CN(C(=O)c1cc(Cl)ccc1F)C1CCNCC1. The van der Waals surface area contributed by atoms with E-state index in [1.165, 1.54) is 18.2 Å². The van der Waals surface area contributed by atoms with Gasteiger partial charge in [-0.3, -0.25) is 4.79 Å². The van der Waals surface area contributed by atoms with Gasteiger partial charge in [0, 0.05) is 18.1 Å². The average molecular weight is 271 g/mol. The van der Waals surface area contributed by atoms with Crippen molar-refractivity contribution in [2.45, 2.75) is 18.9 Å². The van der Waals surface area contributed by atoms with Gasteiger partial charge in [-0.05, 0) is 44.1 Å². The fourth-order valence-corrected chi connectivity index (χ4v) is 2.38. The molecule has 1 fully saturated rings. The van der Waals surface area contributed by atoms with Crippen LogP contribution in [0, 0.1) is 5.82 Å². The average Bonchev–Trinajstić information content (AvgIpc) is 2.41. The Morgan fingerprint density at radius 3 is 2.78 bits per heavy atom. The summed E-state index contributed by atoms with van der Waals surface area (Å²) in [6.07, 6.45) is 1.79. The molecule has 18 heavy (non-hydrogen) atoms. The quantitative estimate of drug-likeness (QED) is 0.894. The number of rotatable bonds is 2. The molecule has 0 radical (unpaired) electrons. The predicted octanol–water partition coefficient (Wildman–Crippen LogP) is 2.30. The number of hydrogen-bond acceptors (Lipinski definition) is 2. The molecule has 1 N–H and O–H groups in total. The van der Waals surface area contributed by atoms with Crippen molar-refractivity contribution < 1.29 is 9.18 Å². The van der Waals surface area contributed by atoms with E-state index >= 15 is 0 Å². The molecule has 1 aliphatic heterocycles. The lowest BCUT2D eigenvalue weighted by atomic mass is 10.0. The van der Waals surface area contributed by atoms with Gasteiger partial charge < -0.3 is 10.2 Å². The van der Waals surface area contributed by atoms with Crippen LogP contribution in [-0.4, -0.2) is 37.0 Å². The molecule has 0 aromatic heterocycles. The monoisotopic (exact) mass is 270 g/mol. The van der Waals surface area contributed by atoms with Gasteiger partial charge in [-0.2, -0.15) is 0 Å². The smallest absolute Gasteiger partial charge is 0.256 e. The van der Waals surface area contributed by atoms with Gasteiger partial charge in [0.05, 0.1) is 5.56 Å². The molecule has 0 atom stereocenters. The maximum atomic E-state index is 13.6. The van der Waals surface area contributed by atoms with Gasteiger partial charge in [0.1, 0.15) is 5.82 Å². The highest BCUT2D eigenvalue weighted by Gasteiger charge is 2.24. The van der Waals surface area contributed by atoms with Crippen molar-refractivity contribution in [2.75, 3.05) is 20.1 Å². The lowest BCUT2D eigenvalue weighted by molar-refractivity contribution is 0.0698. The fraction of sp³-hybridized carbons (Fsp3) is 0.462. The molecule has 98 valence electrons. The maximum Gasteiger partial charge on any atom is 0.256 e. The van der Waals surface area contributed by atoms with Gasteiger partial charge >= 0.3 is 0 Å². The molecule has 0 saturated carbocycles. The number of carbonyl (C=O) groups is 1. The molecule has 0 aliphatic carbocycles. The lowest BCUT2D eigenvalue weighted by Gasteiger charge is -2.31. The van der Waals surface area contributed by atoms with Crippen molar-refractivity contribution >= 4 is 17.5 Å². The van der Waals surface area contributed by atoms with Crippen molar-refractivity contribution in [3.05, 3.63) is 34.6 Å². The number of hydrogen-bond donors (Lipinski definition) is 1. The van der Waals surface area contributed by atoms with E-state index in [1.807, 2.05) is 0 Å². The topological polar surface area (TPSA) is 32.3 Å². The number of piperidine rings is 1. The van der Waals surface area contributed by atoms with Gasteiger partial charge in [0.15, 0.2) is 0 Å². The number of amides is 1. The Morgan fingerprint density at radius 1 is 1.44 bits per heavy atom. The normalized spacial score (nSPS) is 16.6. The van der Waals surface area contributed by atoms with E-state index < -0.39 is 5.82 Å². The summed E-state index contributed by atoms with van der Waals surface area (Å²) >= 11 is 5.80. The van der Waals surface area contributed by atoms with Crippen LogP contribution in [0.3, 0.4) is 0 Å². The van der Waals surface area contributed by atoms with Gasteiger partial charge in [-0.15, -0.1) is 0 Å². The molecule has 1 saturated heterocycles. The highest BCUT2D eigenvalue weighted by Crippen LogP contribution is 2.19. The number of halogens is 2. The molecule has 2 rings (SSSR count). The Labute approximate surface area is 111 Å². The summed E-state index contributed by atoms with van der Waals surface area (Å²) < 4.78 is 13.6. The molecule has 0 bridgehead atoms. The first-order chi connectivity index (χ1) is 8.59. The van der Waals surface area contributed by atoms with Gasteiger partial charge in [0.2, 0.25) is 0 Å². The summed E-state index contributed by atoms with van der Waals surface area (Å²) in [6, 6.07) is 4.22. The Kier molecular flexibility index (Phi) is 4.19. The van der Waals surface area contributed by atoms with Crippen LogP contribution in [-0.2, 0) is 0 Å². The van der Waals surface area contributed by atoms with Crippen LogP contribution >= 0.6 is 11.6 Å². The summed E-state index contributed by atoms with van der Waals surface area (Å²) in [5.74, 6) is -0.827. The van der Waals surface area contributed by atoms with Gasteiger partial charge in [-0.1, -0.05) is 11.6 Å². The maximum absolute atomic E-state index is 13.6. The van der Waals surface area contributed by atoms with E-state index in [-0.39, 0.29) is 17.5 Å². The van der Waals surface area contributed by atoms with Crippen molar-refractivity contribution in [1.29, 1.82) is 0 Å². The summed E-state index contributed by atoms with van der Waals surface area (Å²) in [7, 11) is 1.72. The van der Waals surface area contributed by atoms with Crippen LogP contribution in [0.2, 0.25) is 5.02 Å². The largest absolute Gasteiger partial charge is 0.339 e. The Balaban J connectivity index is 2.16. The third kappa shape index (κ3) is 2.82. The summed E-state index contributed by atoms with van der Waals surface area (Å²) in [5.41, 5.74) is 0.0449. The van der Waals surface area contributed by atoms with Crippen LogP contribution in [0.25, 0.3) is 0 Å². The van der Waals surface area contributed by atoms with E-state index in [2.05, 4.69) is 5.32 Å². The molecule has 5 heteroatoms. The molecular formula is C13H16ClFN2O. The van der Waals surface area contributed by atoms with E-state index in [4.69, 9.17) is 11.6 Å². The summed E-state index contributed by atoms with van der Waals surface area (Å²) in [4.78, 5) is 13.8. The molecular weight excluding hydrogens is 255 g/mol. The molecule has 1 amide bonds. The zero-order chi connectivity index (χ0) is 13.1. The van der Waals surface area contributed by atoms with E-state index in [9.17, 15) is 9.18 Å². The second-order valence-corrected chi connectivity index (χ2v) is 4.96. The molecule has 1 aliphatic rings.